The van der Waals surface area contributed by atoms with Crippen molar-refractivity contribution in [3.8, 4) is 0 Å². The predicted molar refractivity (Wildman–Crippen MR) is 166 cm³/mol. The summed E-state index contributed by atoms with van der Waals surface area (Å²) < 4.78 is 17.7. The number of nitrogens with one attached hydrogen (secondary N) is 2. The van der Waals surface area contributed by atoms with Gasteiger partial charge in [-0.1, -0.05) is 34.1 Å². The maximum Gasteiger partial charge on any atom is 0.234 e. The third-order valence-corrected chi connectivity index (χ3v) is 10.7. The highest BCUT2D eigenvalue weighted by Gasteiger charge is 2.56. The third-order valence-electron chi connectivity index (χ3n) is 10.7. The first-order valence-electron chi connectivity index (χ1n) is 16.4. The summed E-state index contributed by atoms with van der Waals surface area (Å²) in [7, 11) is 4.21. The van der Waals surface area contributed by atoms with E-state index in [9.17, 15) is 9.18 Å². The fraction of sp³-hybridized carbons (Fsp3) is 0.935. The molecule has 0 spiro atoms. The molecular formula is C31H63FN8O+2. The van der Waals surface area contributed by atoms with Gasteiger partial charge in [0.05, 0.1) is 38.9 Å². The molecule has 10 heteroatoms. The smallest absolute Gasteiger partial charge is 0.234 e. The zero-order chi connectivity index (χ0) is 30.5. The number of likely N-dealkylation sites (tertiary alicyclic amines) is 1. The van der Waals surface area contributed by atoms with Crippen molar-refractivity contribution in [2.45, 2.75) is 104 Å². The van der Waals surface area contributed by atoms with Crippen LogP contribution in [-0.2, 0) is 4.79 Å². The van der Waals surface area contributed by atoms with Crippen molar-refractivity contribution in [1.82, 2.24) is 20.4 Å². The molecule has 0 aliphatic carbocycles. The molecule has 3 aliphatic rings. The Labute approximate surface area is 249 Å². The summed E-state index contributed by atoms with van der Waals surface area (Å²) in [6.07, 6.45) is 2.87. The zero-order valence-corrected chi connectivity index (χ0v) is 27.5. The van der Waals surface area contributed by atoms with Crippen molar-refractivity contribution >= 4 is 11.6 Å². The van der Waals surface area contributed by atoms with Gasteiger partial charge in [-0.25, -0.2) is 13.9 Å². The summed E-state index contributed by atoms with van der Waals surface area (Å²) in [5.74, 6) is -0.322. The van der Waals surface area contributed by atoms with E-state index in [2.05, 4.69) is 57.2 Å². The molecular weight excluding hydrogens is 519 g/mol. The van der Waals surface area contributed by atoms with Crippen LogP contribution in [0.3, 0.4) is 0 Å². The average molecular weight is 583 g/mol. The molecule has 3 rings (SSSR count). The monoisotopic (exact) mass is 583 g/mol. The number of piperidine rings is 1. The molecule has 0 aromatic heterocycles. The Bertz CT molecular complexity index is 901. The summed E-state index contributed by atoms with van der Waals surface area (Å²) in [5, 5.41) is 7.56. The van der Waals surface area contributed by atoms with E-state index in [-0.39, 0.29) is 36.6 Å². The number of likely N-dealkylation sites (N-methyl/N-ethyl adjacent to an activating group) is 1. The molecule has 3 aliphatic heterocycles. The number of alkyl halides is 1. The van der Waals surface area contributed by atoms with Crippen molar-refractivity contribution in [3.63, 3.8) is 0 Å². The molecule has 3 heterocycles. The van der Waals surface area contributed by atoms with Crippen LogP contribution in [0.1, 0.15) is 73.6 Å². The number of hydrogen-bond donors (Lipinski definition) is 4. The summed E-state index contributed by atoms with van der Waals surface area (Å²) in [4.78, 5) is 18.9. The van der Waals surface area contributed by atoms with Gasteiger partial charge < -0.3 is 26.6 Å². The van der Waals surface area contributed by atoms with E-state index in [1.165, 1.54) is 0 Å². The fourth-order valence-electron chi connectivity index (χ4n) is 8.26. The van der Waals surface area contributed by atoms with Gasteiger partial charge >= 0.3 is 0 Å². The Morgan fingerprint density at radius 3 is 2.49 bits per heavy atom. The number of amides is 1. The molecule has 0 bridgehead atoms. The fourth-order valence-corrected chi connectivity index (χ4v) is 8.26. The van der Waals surface area contributed by atoms with E-state index in [1.54, 1.807) is 0 Å². The molecule has 41 heavy (non-hydrogen) atoms. The van der Waals surface area contributed by atoms with Crippen LogP contribution in [0.2, 0.25) is 0 Å². The van der Waals surface area contributed by atoms with Crippen LogP contribution in [0.25, 0.3) is 0 Å². The van der Waals surface area contributed by atoms with Gasteiger partial charge in [-0.3, -0.25) is 9.69 Å². The zero-order valence-electron chi connectivity index (χ0n) is 27.5. The number of quaternary nitrogens is 1. The normalized spacial score (nSPS) is 37.7. The molecule has 6 N–H and O–H groups in total. The van der Waals surface area contributed by atoms with E-state index in [0.717, 1.165) is 81.7 Å². The van der Waals surface area contributed by atoms with E-state index in [0.29, 0.717) is 12.0 Å². The van der Waals surface area contributed by atoms with E-state index >= 15 is 0 Å². The molecule has 3 fully saturated rings. The third kappa shape index (κ3) is 7.50. The van der Waals surface area contributed by atoms with Crippen molar-refractivity contribution in [2.75, 3.05) is 66.6 Å². The van der Waals surface area contributed by atoms with Crippen LogP contribution in [-0.4, -0.2) is 128 Å². The number of halogens is 1. The molecule has 3 saturated heterocycles. The van der Waals surface area contributed by atoms with Crippen molar-refractivity contribution in [3.05, 3.63) is 0 Å². The lowest BCUT2D eigenvalue weighted by atomic mass is 9.62. The summed E-state index contributed by atoms with van der Waals surface area (Å²) in [5.41, 5.74) is 13.8. The summed E-state index contributed by atoms with van der Waals surface area (Å²) in [6, 6.07) is 0.299. The van der Waals surface area contributed by atoms with Gasteiger partial charge in [0.1, 0.15) is 5.92 Å². The van der Waals surface area contributed by atoms with Crippen LogP contribution in [0, 0.1) is 17.3 Å². The minimum absolute atomic E-state index is 0.0138. The number of rotatable bonds is 11. The van der Waals surface area contributed by atoms with E-state index < -0.39 is 18.3 Å². The second-order valence-corrected chi connectivity index (χ2v) is 13.8. The molecule has 1 amide bonds. The maximum absolute atomic E-state index is 14.7. The first kappa shape index (κ1) is 34.3. The summed E-state index contributed by atoms with van der Waals surface area (Å²) >= 11 is 0. The second-order valence-electron chi connectivity index (χ2n) is 13.8. The van der Waals surface area contributed by atoms with E-state index in [4.69, 9.17) is 11.5 Å². The molecule has 0 saturated carbocycles. The Kier molecular flexibility index (Phi) is 12.2. The van der Waals surface area contributed by atoms with Crippen molar-refractivity contribution in [1.29, 1.82) is 0 Å². The van der Waals surface area contributed by atoms with Crippen LogP contribution in [0.4, 0.5) is 4.39 Å². The minimum atomic E-state index is -0.986. The number of nitrogens with two attached hydrogens (primary N) is 2. The van der Waals surface area contributed by atoms with Gasteiger partial charge in [-0.05, 0) is 39.3 Å². The Morgan fingerprint density at radius 2 is 1.93 bits per heavy atom. The maximum atomic E-state index is 14.7. The molecule has 0 aromatic rings. The van der Waals surface area contributed by atoms with Gasteiger partial charge in [0, 0.05) is 51.0 Å². The molecule has 238 valence electrons. The number of carbonyl (C=O) groups is 1. The number of carbonyl (C=O) groups excluding carboxylic acids is 1. The first-order valence-corrected chi connectivity index (χ1v) is 16.4. The summed E-state index contributed by atoms with van der Waals surface area (Å²) in [6.45, 7) is 19.8. The topological polar surface area (TPSA) is 103 Å². The van der Waals surface area contributed by atoms with Crippen molar-refractivity contribution in [2.24, 2.45) is 28.7 Å². The first-order chi connectivity index (χ1) is 19.4. The van der Waals surface area contributed by atoms with Crippen LogP contribution in [0.15, 0.2) is 0 Å². The number of nitrogens with zero attached hydrogens (tertiary/aromatic N) is 4. The Morgan fingerprint density at radius 1 is 1.22 bits per heavy atom. The Hall–Kier alpha value is -1.17. The van der Waals surface area contributed by atoms with Gasteiger partial charge in [-0.15, -0.1) is 0 Å². The SMILES string of the molecule is CCCN1CNC(C2(CCC)CC[N+](C)(CC)CC2NC(=O)C(C(N)N)C2N(C)CC(F)C[N+]2=C(C)CC)C(C)C1. The average Bonchev–Trinajstić information content (AvgIpc) is 2.91. The standard InChI is InChI=1S/C31H62FN8O/c1-9-13-31(27-22(5)17-38(15-10-2)21-35-27)14-16-40(8,12-4)20-25(31)36-29(41)26(28(33)34)30-37(7)18-24(32)19-39(30)23(6)11-3/h22,24-28,30,35H,9-21,33-34H2,1-8H3/q+1/p+1. The largest absolute Gasteiger partial charge is 0.346 e. The van der Waals surface area contributed by atoms with Gasteiger partial charge in [0.25, 0.3) is 0 Å². The molecule has 9 nitrogen and oxygen atoms in total. The minimum Gasteiger partial charge on any atom is -0.346 e. The van der Waals surface area contributed by atoms with Crippen LogP contribution in [0.5, 0.6) is 0 Å². The van der Waals surface area contributed by atoms with Crippen LogP contribution < -0.4 is 22.1 Å². The quantitative estimate of drug-likeness (QED) is 0.168. The lowest BCUT2D eigenvalue weighted by Gasteiger charge is -2.57. The Balaban J connectivity index is 2.00. The highest BCUT2D eigenvalue weighted by Crippen LogP contribution is 2.45. The molecule has 8 unspecified atom stereocenters. The predicted octanol–water partition coefficient (Wildman–Crippen LogP) is 1.76. The molecule has 0 radical (unpaired) electrons. The van der Waals surface area contributed by atoms with Crippen LogP contribution >= 0.6 is 0 Å². The highest BCUT2D eigenvalue weighted by atomic mass is 19.1. The molecule has 8 atom stereocenters. The van der Waals surface area contributed by atoms with E-state index in [1.807, 2.05) is 23.4 Å². The lowest BCUT2D eigenvalue weighted by Crippen LogP contribution is -2.73. The number of hydrogen-bond acceptors (Lipinski definition) is 6. The molecule has 0 aromatic carbocycles. The van der Waals surface area contributed by atoms with Gasteiger partial charge in [0.15, 0.2) is 18.4 Å². The van der Waals surface area contributed by atoms with Gasteiger partial charge in [0.2, 0.25) is 12.1 Å². The van der Waals surface area contributed by atoms with Crippen molar-refractivity contribution < 1.29 is 18.2 Å². The highest BCUT2D eigenvalue weighted by molar-refractivity contribution is 5.81. The second kappa shape index (κ2) is 14.5. The van der Waals surface area contributed by atoms with Gasteiger partial charge in [-0.2, -0.15) is 0 Å². The lowest BCUT2D eigenvalue weighted by molar-refractivity contribution is -0.916.